The van der Waals surface area contributed by atoms with Crippen molar-refractivity contribution in [2.24, 2.45) is 0 Å². The highest BCUT2D eigenvalue weighted by atomic mass is 15.1. The van der Waals surface area contributed by atoms with Gasteiger partial charge in [-0.05, 0) is 39.8 Å². The molecule has 0 amide bonds. The molecule has 0 bridgehead atoms. The van der Waals surface area contributed by atoms with Gasteiger partial charge in [-0.2, -0.15) is 0 Å². The van der Waals surface area contributed by atoms with Crippen LogP contribution >= 0.6 is 0 Å². The van der Waals surface area contributed by atoms with E-state index in [1.165, 1.54) is 5.69 Å². The summed E-state index contributed by atoms with van der Waals surface area (Å²) in [6.07, 6.45) is 1.76. The second-order valence-electron chi connectivity index (χ2n) is 4.93. The topological polar surface area (TPSA) is 43.8 Å². The molecule has 0 atom stereocenters. The van der Waals surface area contributed by atoms with Crippen LogP contribution in [-0.4, -0.2) is 9.55 Å². The molecule has 2 aromatic heterocycles. The van der Waals surface area contributed by atoms with Gasteiger partial charge in [0.15, 0.2) is 0 Å². The lowest BCUT2D eigenvalue weighted by Crippen LogP contribution is -2.23. The van der Waals surface area contributed by atoms with Crippen LogP contribution in [0.3, 0.4) is 0 Å². The number of nitrogens with zero attached hydrogens (tertiary/aromatic N) is 2. The lowest BCUT2D eigenvalue weighted by atomic mass is 10.1. The molecular weight excluding hydrogens is 186 g/mol. The Morgan fingerprint density at radius 1 is 1.33 bits per heavy atom. The van der Waals surface area contributed by atoms with Crippen molar-refractivity contribution in [2.75, 3.05) is 5.73 Å². The third-order valence-corrected chi connectivity index (χ3v) is 2.59. The summed E-state index contributed by atoms with van der Waals surface area (Å²) in [6, 6.07) is 3.94. The lowest BCUT2D eigenvalue weighted by Gasteiger charge is -2.24. The first kappa shape index (κ1) is 10.0. The molecule has 0 radical (unpaired) electrons. The van der Waals surface area contributed by atoms with Crippen LogP contribution < -0.4 is 5.73 Å². The van der Waals surface area contributed by atoms with E-state index in [9.17, 15) is 0 Å². The van der Waals surface area contributed by atoms with E-state index in [-0.39, 0.29) is 5.54 Å². The normalized spacial score (nSPS) is 12.3. The summed E-state index contributed by atoms with van der Waals surface area (Å²) in [5.41, 5.74) is 8.93. The van der Waals surface area contributed by atoms with Crippen molar-refractivity contribution in [3.05, 3.63) is 24.0 Å². The standard InChI is InChI=1S/C12H17N3/c1-8-7-9-10(13)5-6-14-11(9)15(8)12(2,3)4/h5-7H,1-4H3,(H2,13,14). The summed E-state index contributed by atoms with van der Waals surface area (Å²) in [7, 11) is 0. The third kappa shape index (κ3) is 1.48. The fraction of sp³-hybridized carbons (Fsp3) is 0.417. The highest BCUT2D eigenvalue weighted by Gasteiger charge is 2.19. The SMILES string of the molecule is Cc1cc2c(N)ccnc2n1C(C)(C)C. The molecule has 0 aliphatic carbocycles. The van der Waals surface area contributed by atoms with Crippen molar-refractivity contribution in [1.82, 2.24) is 9.55 Å². The average molecular weight is 203 g/mol. The lowest BCUT2D eigenvalue weighted by molar-refractivity contribution is 0.401. The summed E-state index contributed by atoms with van der Waals surface area (Å²) >= 11 is 0. The second-order valence-corrected chi connectivity index (χ2v) is 4.93. The second kappa shape index (κ2) is 2.99. The van der Waals surface area contributed by atoms with Crippen LogP contribution in [0.2, 0.25) is 0 Å². The van der Waals surface area contributed by atoms with Gasteiger partial charge < -0.3 is 10.3 Å². The molecule has 0 unspecified atom stereocenters. The maximum absolute atomic E-state index is 5.93. The fourth-order valence-corrected chi connectivity index (χ4v) is 2.09. The molecule has 2 N–H and O–H groups in total. The van der Waals surface area contributed by atoms with Gasteiger partial charge in [0.2, 0.25) is 0 Å². The van der Waals surface area contributed by atoms with Gasteiger partial charge in [-0.15, -0.1) is 0 Å². The molecule has 3 heteroatoms. The molecule has 0 aliphatic heterocycles. The number of nitrogens with two attached hydrogens (primary N) is 1. The van der Waals surface area contributed by atoms with E-state index in [1.54, 1.807) is 6.20 Å². The minimum absolute atomic E-state index is 0.0344. The van der Waals surface area contributed by atoms with Gasteiger partial charge in [0.1, 0.15) is 5.65 Å². The number of nitrogen functional groups attached to an aromatic ring is 1. The number of rotatable bonds is 0. The van der Waals surface area contributed by atoms with E-state index in [0.717, 1.165) is 16.7 Å². The maximum Gasteiger partial charge on any atom is 0.142 e. The number of hydrogen-bond donors (Lipinski definition) is 1. The Labute approximate surface area is 89.9 Å². The van der Waals surface area contributed by atoms with Gasteiger partial charge in [0.25, 0.3) is 0 Å². The molecule has 2 aromatic rings. The van der Waals surface area contributed by atoms with Crippen LogP contribution in [0.4, 0.5) is 5.69 Å². The largest absolute Gasteiger partial charge is 0.398 e. The Morgan fingerprint density at radius 3 is 2.60 bits per heavy atom. The zero-order chi connectivity index (χ0) is 11.2. The molecule has 0 spiro atoms. The van der Waals surface area contributed by atoms with Crippen molar-refractivity contribution in [1.29, 1.82) is 0 Å². The Bertz CT molecular complexity index is 503. The Morgan fingerprint density at radius 2 is 2.00 bits per heavy atom. The molecule has 2 rings (SSSR count). The van der Waals surface area contributed by atoms with Crippen LogP contribution in [0.15, 0.2) is 18.3 Å². The zero-order valence-corrected chi connectivity index (χ0v) is 9.70. The quantitative estimate of drug-likeness (QED) is 0.715. The summed E-state index contributed by atoms with van der Waals surface area (Å²) in [4.78, 5) is 4.41. The van der Waals surface area contributed by atoms with E-state index in [1.807, 2.05) is 6.07 Å². The Balaban J connectivity index is 2.86. The summed E-state index contributed by atoms with van der Waals surface area (Å²) in [5, 5.41) is 1.05. The van der Waals surface area contributed by atoms with E-state index in [2.05, 4.69) is 43.3 Å². The molecular formula is C12H17N3. The molecule has 0 aliphatic rings. The van der Waals surface area contributed by atoms with Crippen LogP contribution in [0.25, 0.3) is 11.0 Å². The predicted molar refractivity (Wildman–Crippen MR) is 63.9 cm³/mol. The summed E-state index contributed by atoms with van der Waals surface area (Å²) < 4.78 is 2.22. The number of pyridine rings is 1. The zero-order valence-electron chi connectivity index (χ0n) is 9.70. The Hall–Kier alpha value is -1.51. The highest BCUT2D eigenvalue weighted by Crippen LogP contribution is 2.28. The summed E-state index contributed by atoms with van der Waals surface area (Å²) in [6.45, 7) is 8.60. The predicted octanol–water partition coefficient (Wildman–Crippen LogP) is 2.68. The van der Waals surface area contributed by atoms with Gasteiger partial charge in [0.05, 0.1) is 0 Å². The molecule has 0 fully saturated rings. The first-order chi connectivity index (χ1) is 6.91. The monoisotopic (exact) mass is 203 g/mol. The molecule has 0 saturated carbocycles. The molecule has 2 heterocycles. The molecule has 0 saturated heterocycles. The van der Waals surface area contributed by atoms with Gasteiger partial charge in [-0.1, -0.05) is 0 Å². The van der Waals surface area contributed by atoms with Crippen LogP contribution in [0, 0.1) is 6.92 Å². The van der Waals surface area contributed by atoms with Crippen molar-refractivity contribution >= 4 is 16.7 Å². The van der Waals surface area contributed by atoms with E-state index in [4.69, 9.17) is 5.73 Å². The van der Waals surface area contributed by atoms with Crippen molar-refractivity contribution in [3.8, 4) is 0 Å². The molecule has 3 nitrogen and oxygen atoms in total. The van der Waals surface area contributed by atoms with E-state index >= 15 is 0 Å². The van der Waals surface area contributed by atoms with Crippen molar-refractivity contribution in [3.63, 3.8) is 0 Å². The van der Waals surface area contributed by atoms with Gasteiger partial charge in [-0.3, -0.25) is 0 Å². The van der Waals surface area contributed by atoms with Crippen LogP contribution in [0.5, 0.6) is 0 Å². The van der Waals surface area contributed by atoms with Crippen molar-refractivity contribution in [2.45, 2.75) is 33.2 Å². The van der Waals surface area contributed by atoms with Crippen molar-refractivity contribution < 1.29 is 0 Å². The third-order valence-electron chi connectivity index (χ3n) is 2.59. The van der Waals surface area contributed by atoms with Crippen LogP contribution in [-0.2, 0) is 5.54 Å². The molecule has 80 valence electrons. The first-order valence-electron chi connectivity index (χ1n) is 5.14. The number of hydrogen-bond acceptors (Lipinski definition) is 2. The average Bonchev–Trinajstić information content (AvgIpc) is 2.41. The van der Waals surface area contributed by atoms with E-state index in [0.29, 0.717) is 0 Å². The Kier molecular flexibility index (Phi) is 2.00. The van der Waals surface area contributed by atoms with Crippen LogP contribution in [0.1, 0.15) is 26.5 Å². The first-order valence-corrected chi connectivity index (χ1v) is 5.14. The number of anilines is 1. The summed E-state index contributed by atoms with van der Waals surface area (Å²) in [5.74, 6) is 0. The minimum atomic E-state index is 0.0344. The molecule has 0 aromatic carbocycles. The fourth-order valence-electron chi connectivity index (χ4n) is 2.09. The van der Waals surface area contributed by atoms with Gasteiger partial charge >= 0.3 is 0 Å². The molecule has 15 heavy (non-hydrogen) atoms. The number of fused-ring (bicyclic) bond motifs is 1. The minimum Gasteiger partial charge on any atom is -0.398 e. The smallest absolute Gasteiger partial charge is 0.142 e. The number of aryl methyl sites for hydroxylation is 1. The maximum atomic E-state index is 5.93. The van der Waals surface area contributed by atoms with E-state index < -0.39 is 0 Å². The van der Waals surface area contributed by atoms with Gasteiger partial charge in [-0.25, -0.2) is 4.98 Å². The number of aromatic nitrogens is 2. The van der Waals surface area contributed by atoms with Gasteiger partial charge in [0, 0.05) is 28.5 Å². The highest BCUT2D eigenvalue weighted by molar-refractivity contribution is 5.89.